The lowest BCUT2D eigenvalue weighted by Crippen LogP contribution is -2.47. The standard InChI is InChI=1S/C33H41BrN14O2/c1-33(2,46-17-21(13-40-46)23-15-42-48-29(36)27(34)28(44-31(23)48)19-5-4-8-37-10-19)50-32(49)24-7-6-18(11-38-24)25-9-26(35)47-30(43-25)22(14-41-47)20-12-39-45(3)16-20/h9,12-19,24,28,37-38,44H,4-8,10-11,35-36H2,1-3H3/t18-,19?,24-,28+/m0/s1. The number of piperidine rings is 2. The van der Waals surface area contributed by atoms with Crippen molar-refractivity contribution in [2.75, 3.05) is 30.7 Å². The first-order valence-corrected chi connectivity index (χ1v) is 17.7. The predicted molar refractivity (Wildman–Crippen MR) is 192 cm³/mol. The van der Waals surface area contributed by atoms with Crippen LogP contribution in [-0.2, 0) is 22.3 Å². The van der Waals surface area contributed by atoms with Crippen molar-refractivity contribution in [1.29, 1.82) is 0 Å². The van der Waals surface area contributed by atoms with E-state index >= 15 is 0 Å². The van der Waals surface area contributed by atoms with Gasteiger partial charge in [-0.3, -0.25) is 9.48 Å². The topological polar surface area (TPSA) is 198 Å². The second-order valence-electron chi connectivity index (χ2n) is 13.9. The van der Waals surface area contributed by atoms with Gasteiger partial charge in [0.1, 0.15) is 23.5 Å². The molecule has 8 rings (SSSR count). The van der Waals surface area contributed by atoms with Gasteiger partial charge in [0.2, 0.25) is 0 Å². The smallest absolute Gasteiger partial charge is 0.325 e. The summed E-state index contributed by atoms with van der Waals surface area (Å²) in [6.45, 7) is 6.16. The zero-order chi connectivity index (χ0) is 34.7. The first kappa shape index (κ1) is 32.5. The highest BCUT2D eigenvalue weighted by Gasteiger charge is 2.36. The second kappa shape index (κ2) is 12.5. The lowest BCUT2D eigenvalue weighted by atomic mass is 9.90. The highest BCUT2D eigenvalue weighted by atomic mass is 79.9. The highest BCUT2D eigenvalue weighted by molar-refractivity contribution is 9.11. The molecule has 5 aromatic heterocycles. The summed E-state index contributed by atoms with van der Waals surface area (Å²) >= 11 is 3.73. The van der Waals surface area contributed by atoms with Crippen molar-refractivity contribution >= 4 is 45.0 Å². The van der Waals surface area contributed by atoms with Gasteiger partial charge in [0.25, 0.3) is 0 Å². The summed E-state index contributed by atoms with van der Waals surface area (Å²) in [7, 11) is 1.87. The van der Waals surface area contributed by atoms with E-state index in [2.05, 4.69) is 52.3 Å². The monoisotopic (exact) mass is 744 g/mol. The number of hydrogen-bond acceptors (Lipinski definition) is 12. The van der Waals surface area contributed by atoms with Gasteiger partial charge in [-0.15, -0.1) is 0 Å². The lowest BCUT2D eigenvalue weighted by Gasteiger charge is -2.35. The quantitative estimate of drug-likeness (QED) is 0.153. The molecular formula is C33H41BrN14O2. The molecule has 0 spiro atoms. The molecule has 50 heavy (non-hydrogen) atoms. The third-order valence-electron chi connectivity index (χ3n) is 10.1. The van der Waals surface area contributed by atoms with Crippen LogP contribution in [0.2, 0.25) is 0 Å². The first-order valence-electron chi connectivity index (χ1n) is 16.9. The number of nitrogens with two attached hydrogens (primary N) is 2. The van der Waals surface area contributed by atoms with Crippen LogP contribution in [0.1, 0.15) is 51.1 Å². The van der Waals surface area contributed by atoms with E-state index in [1.807, 2.05) is 39.4 Å². The van der Waals surface area contributed by atoms with Gasteiger partial charge in [-0.1, -0.05) is 0 Å². The second-order valence-corrected chi connectivity index (χ2v) is 14.7. The molecule has 0 radical (unpaired) electrons. The van der Waals surface area contributed by atoms with E-state index in [9.17, 15) is 4.79 Å². The van der Waals surface area contributed by atoms with E-state index in [1.165, 1.54) is 0 Å². The average molecular weight is 746 g/mol. The van der Waals surface area contributed by atoms with E-state index in [4.69, 9.17) is 21.2 Å². The Labute approximate surface area is 296 Å². The zero-order valence-electron chi connectivity index (χ0n) is 28.2. The molecule has 2 fully saturated rings. The highest BCUT2D eigenvalue weighted by Crippen LogP contribution is 2.39. The van der Waals surface area contributed by atoms with Crippen molar-refractivity contribution < 1.29 is 9.53 Å². The molecule has 7 N–H and O–H groups in total. The number of nitrogens with one attached hydrogen (secondary N) is 3. The Morgan fingerprint density at radius 2 is 1.80 bits per heavy atom. The molecule has 5 aromatic rings. The van der Waals surface area contributed by atoms with Crippen LogP contribution in [0.15, 0.2) is 47.7 Å². The largest absolute Gasteiger partial charge is 0.436 e. The minimum absolute atomic E-state index is 0.0344. The first-order chi connectivity index (χ1) is 24.1. The summed E-state index contributed by atoms with van der Waals surface area (Å²) in [5, 5.41) is 28.4. The molecular weight excluding hydrogens is 704 g/mol. The molecule has 3 aliphatic heterocycles. The lowest BCUT2D eigenvalue weighted by molar-refractivity contribution is -0.171. The number of aryl methyl sites for hydroxylation is 1. The van der Waals surface area contributed by atoms with Crippen LogP contribution in [0, 0.1) is 5.92 Å². The van der Waals surface area contributed by atoms with E-state index in [0.29, 0.717) is 36.2 Å². The molecule has 1 unspecified atom stereocenters. The van der Waals surface area contributed by atoms with Gasteiger partial charge in [0, 0.05) is 66.8 Å². The van der Waals surface area contributed by atoms with Crippen LogP contribution in [0.4, 0.5) is 11.6 Å². The molecule has 0 aliphatic carbocycles. The summed E-state index contributed by atoms with van der Waals surface area (Å²) < 4.78 is 13.8. The molecule has 0 saturated carbocycles. The average Bonchev–Trinajstić information content (AvgIpc) is 3.93. The fraction of sp³-hybridized carbons (Fsp3) is 0.455. The van der Waals surface area contributed by atoms with Crippen molar-refractivity contribution in [3.63, 3.8) is 0 Å². The van der Waals surface area contributed by atoms with Crippen LogP contribution in [0.25, 0.3) is 33.7 Å². The van der Waals surface area contributed by atoms with Gasteiger partial charge in [-0.05, 0) is 67.9 Å². The van der Waals surface area contributed by atoms with E-state index in [1.54, 1.807) is 43.3 Å². The van der Waals surface area contributed by atoms with Crippen molar-refractivity contribution in [3.8, 4) is 22.3 Å². The zero-order valence-corrected chi connectivity index (χ0v) is 29.8. The third kappa shape index (κ3) is 5.72. The number of ether oxygens (including phenoxy) is 1. The molecule has 17 heteroatoms. The minimum atomic E-state index is -1.04. The number of esters is 1. The van der Waals surface area contributed by atoms with Crippen molar-refractivity contribution in [1.82, 2.24) is 54.6 Å². The number of nitrogens with zero attached hydrogens (tertiary/aromatic N) is 9. The van der Waals surface area contributed by atoms with E-state index < -0.39 is 11.8 Å². The van der Waals surface area contributed by atoms with Crippen molar-refractivity contribution in [2.45, 2.75) is 63.3 Å². The molecule has 8 heterocycles. The predicted octanol–water partition coefficient (Wildman–Crippen LogP) is 2.82. The van der Waals surface area contributed by atoms with Crippen molar-refractivity contribution in [2.24, 2.45) is 18.7 Å². The summed E-state index contributed by atoms with van der Waals surface area (Å²) in [5.41, 5.74) is 16.9. The molecule has 3 aliphatic rings. The Bertz CT molecular complexity index is 2090. The number of carbonyl (C=O) groups excluding carboxylic acids is 1. The third-order valence-corrected chi connectivity index (χ3v) is 11.0. The number of halogens is 1. The molecule has 16 nitrogen and oxygen atoms in total. The summed E-state index contributed by atoms with van der Waals surface area (Å²) in [6.07, 6.45) is 14.4. The Hall–Kier alpha value is -4.74. The van der Waals surface area contributed by atoms with E-state index in [0.717, 1.165) is 70.6 Å². The maximum absolute atomic E-state index is 13.5. The van der Waals surface area contributed by atoms with Gasteiger partial charge in [0.05, 0.1) is 41.0 Å². The minimum Gasteiger partial charge on any atom is -0.436 e. The maximum atomic E-state index is 13.5. The molecule has 0 aromatic carbocycles. The summed E-state index contributed by atoms with van der Waals surface area (Å²) in [5.74, 6) is 2.01. The number of aromatic nitrogens is 9. The molecule has 2 saturated heterocycles. The number of anilines is 2. The number of nitrogen functional groups attached to an aromatic ring is 1. The Morgan fingerprint density at radius 1 is 1.00 bits per heavy atom. The number of hydrogen-bond donors (Lipinski definition) is 5. The number of rotatable bonds is 7. The number of carbonyl (C=O) groups is 1. The summed E-state index contributed by atoms with van der Waals surface area (Å²) in [6, 6.07) is 1.43. The van der Waals surface area contributed by atoms with Crippen LogP contribution in [0.5, 0.6) is 0 Å². The van der Waals surface area contributed by atoms with Crippen LogP contribution >= 0.6 is 15.9 Å². The normalized spacial score (nSPS) is 22.8. The SMILES string of the molecule is Cn1cc(-c2cnn3c(N)cc([C@H]4CC[C@@H](C(=O)OC(C)(C)n5cc(-c6cnn7c6N[C@H](C6CCCNC6)C(Br)=C7N)cn5)NC4)nc23)cn1. The van der Waals surface area contributed by atoms with Gasteiger partial charge < -0.3 is 32.2 Å². The Kier molecular flexibility index (Phi) is 8.14. The van der Waals surface area contributed by atoms with Crippen LogP contribution in [-0.4, -0.2) is 81.6 Å². The molecule has 0 amide bonds. The van der Waals surface area contributed by atoms with Crippen molar-refractivity contribution in [3.05, 3.63) is 53.4 Å². The summed E-state index contributed by atoms with van der Waals surface area (Å²) in [4.78, 5) is 18.4. The number of fused-ring (bicyclic) bond motifs is 2. The molecule has 4 atom stereocenters. The van der Waals surface area contributed by atoms with Gasteiger partial charge in [0.15, 0.2) is 11.4 Å². The van der Waals surface area contributed by atoms with Gasteiger partial charge >= 0.3 is 5.97 Å². The van der Waals surface area contributed by atoms with E-state index in [-0.39, 0.29) is 17.9 Å². The van der Waals surface area contributed by atoms with Gasteiger partial charge in [-0.2, -0.15) is 24.9 Å². The van der Waals surface area contributed by atoms with Gasteiger partial charge in [-0.25, -0.2) is 14.3 Å². The Balaban J connectivity index is 0.935. The fourth-order valence-electron chi connectivity index (χ4n) is 7.25. The Morgan fingerprint density at radius 3 is 2.54 bits per heavy atom. The molecule has 0 bridgehead atoms. The fourth-order valence-corrected chi connectivity index (χ4v) is 7.91. The van der Waals surface area contributed by atoms with Crippen LogP contribution in [0.3, 0.4) is 0 Å². The molecule has 262 valence electrons. The maximum Gasteiger partial charge on any atom is 0.325 e. The van der Waals surface area contributed by atoms with Crippen LogP contribution < -0.4 is 27.4 Å².